The van der Waals surface area contributed by atoms with Crippen LogP contribution < -0.4 is 9.62 Å². The summed E-state index contributed by atoms with van der Waals surface area (Å²) in [7, 11) is -1.68. The smallest absolute Gasteiger partial charge is 0.241 e. The molecule has 152 valence electrons. The van der Waals surface area contributed by atoms with Crippen molar-refractivity contribution >= 4 is 15.7 Å². The summed E-state index contributed by atoms with van der Waals surface area (Å²) >= 11 is 0. The van der Waals surface area contributed by atoms with Crippen LogP contribution >= 0.6 is 0 Å². The van der Waals surface area contributed by atoms with Crippen molar-refractivity contribution in [1.82, 2.24) is 4.72 Å². The summed E-state index contributed by atoms with van der Waals surface area (Å²) in [4.78, 5) is 2.51. The van der Waals surface area contributed by atoms with Gasteiger partial charge in [0.1, 0.15) is 0 Å². The lowest BCUT2D eigenvalue weighted by Crippen LogP contribution is -2.30. The van der Waals surface area contributed by atoms with E-state index in [4.69, 9.17) is 0 Å². The van der Waals surface area contributed by atoms with Gasteiger partial charge in [0.15, 0.2) is 0 Å². The number of hydrogen-bond acceptors (Lipinski definition) is 4. The van der Waals surface area contributed by atoms with Gasteiger partial charge in [-0.3, -0.25) is 0 Å². The van der Waals surface area contributed by atoms with Crippen molar-refractivity contribution in [1.29, 1.82) is 0 Å². The predicted molar refractivity (Wildman–Crippen MR) is 114 cm³/mol. The van der Waals surface area contributed by atoms with E-state index in [1.54, 1.807) is 0 Å². The zero-order valence-corrected chi connectivity index (χ0v) is 18.4. The summed E-state index contributed by atoms with van der Waals surface area (Å²) in [6.45, 7) is 10.5. The molecule has 1 aliphatic rings. The fourth-order valence-electron chi connectivity index (χ4n) is 4.04. The van der Waals surface area contributed by atoms with Gasteiger partial charge in [0.25, 0.3) is 0 Å². The monoisotopic (exact) mass is 402 g/mol. The summed E-state index contributed by atoms with van der Waals surface area (Å²) in [5.74, 6) is 0. The molecule has 0 spiro atoms. The van der Waals surface area contributed by atoms with Gasteiger partial charge in [-0.1, -0.05) is 12.1 Å². The van der Waals surface area contributed by atoms with E-state index < -0.39 is 16.1 Å². The van der Waals surface area contributed by atoms with E-state index in [2.05, 4.69) is 9.62 Å². The molecular weight excluding hydrogens is 372 g/mol. The molecule has 0 saturated carbocycles. The first kappa shape index (κ1) is 20.8. The second-order valence-electron chi connectivity index (χ2n) is 7.88. The van der Waals surface area contributed by atoms with E-state index in [9.17, 15) is 13.5 Å². The molecule has 0 radical (unpaired) electrons. The van der Waals surface area contributed by atoms with Crippen molar-refractivity contribution in [3.63, 3.8) is 0 Å². The average molecular weight is 403 g/mol. The van der Waals surface area contributed by atoms with E-state index in [1.807, 2.05) is 59.9 Å². The minimum atomic E-state index is -3.72. The van der Waals surface area contributed by atoms with E-state index in [-0.39, 0.29) is 6.54 Å². The second-order valence-corrected chi connectivity index (χ2v) is 9.59. The summed E-state index contributed by atoms with van der Waals surface area (Å²) < 4.78 is 28.7. The predicted octanol–water partition coefficient (Wildman–Crippen LogP) is 3.23. The van der Waals surface area contributed by atoms with Crippen LogP contribution in [0.5, 0.6) is 0 Å². The Morgan fingerprint density at radius 3 is 2.21 bits per heavy atom. The number of fused-ring (bicyclic) bond motifs is 1. The normalized spacial score (nSPS) is 15.0. The quantitative estimate of drug-likeness (QED) is 0.806. The highest BCUT2D eigenvalue weighted by Gasteiger charge is 2.25. The van der Waals surface area contributed by atoms with Gasteiger partial charge in [0, 0.05) is 25.8 Å². The van der Waals surface area contributed by atoms with Crippen molar-refractivity contribution < 1.29 is 13.5 Å². The molecule has 28 heavy (non-hydrogen) atoms. The van der Waals surface area contributed by atoms with Crippen LogP contribution in [0, 0.1) is 34.6 Å². The van der Waals surface area contributed by atoms with Gasteiger partial charge in [0.05, 0.1) is 11.0 Å². The Morgan fingerprint density at radius 2 is 1.61 bits per heavy atom. The van der Waals surface area contributed by atoms with Crippen molar-refractivity contribution in [3.05, 3.63) is 57.1 Å². The molecule has 0 fully saturated rings. The minimum absolute atomic E-state index is 0.0538. The molecule has 0 unspecified atom stereocenters. The first-order chi connectivity index (χ1) is 13.0. The number of aliphatic hydroxyl groups is 1. The molecule has 1 heterocycles. The molecule has 2 aromatic carbocycles. The molecule has 0 bridgehead atoms. The van der Waals surface area contributed by atoms with Crippen LogP contribution in [0.1, 0.15) is 45.0 Å². The summed E-state index contributed by atoms with van der Waals surface area (Å²) in [5, 5.41) is 10.6. The third kappa shape index (κ3) is 3.56. The topological polar surface area (TPSA) is 69.6 Å². The molecule has 2 aromatic rings. The van der Waals surface area contributed by atoms with Crippen LogP contribution in [0.3, 0.4) is 0 Å². The van der Waals surface area contributed by atoms with Gasteiger partial charge < -0.3 is 10.0 Å². The number of hydrogen-bond donors (Lipinski definition) is 2. The summed E-state index contributed by atoms with van der Waals surface area (Å²) in [6.07, 6.45) is 0.0533. The van der Waals surface area contributed by atoms with Crippen LogP contribution in [0.2, 0.25) is 0 Å². The fraction of sp³-hybridized carbons (Fsp3) is 0.455. The van der Waals surface area contributed by atoms with Crippen molar-refractivity contribution in [2.45, 2.75) is 52.0 Å². The van der Waals surface area contributed by atoms with Crippen molar-refractivity contribution in [2.24, 2.45) is 0 Å². The minimum Gasteiger partial charge on any atom is -0.387 e. The van der Waals surface area contributed by atoms with Gasteiger partial charge in [-0.05, 0) is 86.1 Å². The number of nitrogens with zero attached hydrogens (tertiary/aromatic N) is 1. The first-order valence-corrected chi connectivity index (χ1v) is 11.1. The lowest BCUT2D eigenvalue weighted by atomic mass is 9.95. The van der Waals surface area contributed by atoms with Crippen molar-refractivity contribution in [3.8, 4) is 0 Å². The second kappa shape index (κ2) is 7.50. The van der Waals surface area contributed by atoms with E-state index >= 15 is 0 Å². The summed E-state index contributed by atoms with van der Waals surface area (Å²) in [5.41, 5.74) is 7.75. The van der Waals surface area contributed by atoms with Gasteiger partial charge in [0.2, 0.25) is 10.0 Å². The largest absolute Gasteiger partial charge is 0.387 e. The van der Waals surface area contributed by atoms with Gasteiger partial charge in [-0.15, -0.1) is 0 Å². The fourth-order valence-corrected chi connectivity index (χ4v) is 5.68. The number of nitrogens with one attached hydrogen (secondary N) is 1. The Bertz CT molecular complexity index is 1000. The number of likely N-dealkylation sites (N-methyl/N-ethyl adjacent to an activating group) is 1. The van der Waals surface area contributed by atoms with Crippen LogP contribution in [-0.2, 0) is 16.4 Å². The zero-order chi connectivity index (χ0) is 20.8. The number of aliphatic hydroxyl groups excluding tert-OH is 1. The molecule has 5 nitrogen and oxygen atoms in total. The van der Waals surface area contributed by atoms with Crippen LogP contribution in [0.4, 0.5) is 5.69 Å². The maximum atomic E-state index is 13.0. The highest BCUT2D eigenvalue weighted by atomic mass is 32.2. The summed E-state index contributed by atoms with van der Waals surface area (Å²) in [6, 6.07) is 5.85. The highest BCUT2D eigenvalue weighted by molar-refractivity contribution is 7.89. The molecule has 2 N–H and O–H groups in total. The third-order valence-electron chi connectivity index (χ3n) is 6.28. The average Bonchev–Trinajstić information content (AvgIpc) is 3.03. The maximum Gasteiger partial charge on any atom is 0.241 e. The standard InChI is InChI=1S/C22H30N2O3S/c1-13-14(2)16(4)22(17(5)15(13)3)28(26,27)23-12-21(25)19-7-8-20-18(11-19)9-10-24(20)6/h7-8,11,21,23,25H,9-10,12H2,1-6H3/t21-/m1/s1. The Hall–Kier alpha value is -1.89. The third-order valence-corrected chi connectivity index (χ3v) is 7.98. The molecule has 0 aromatic heterocycles. The number of rotatable bonds is 5. The maximum absolute atomic E-state index is 13.0. The Balaban J connectivity index is 1.83. The number of sulfonamides is 1. The first-order valence-electron chi connectivity index (χ1n) is 9.63. The Labute approximate surface area is 168 Å². The molecule has 0 saturated heterocycles. The molecule has 0 amide bonds. The molecule has 3 rings (SSSR count). The highest BCUT2D eigenvalue weighted by Crippen LogP contribution is 2.31. The molecule has 1 aliphatic heterocycles. The molecule has 0 aliphatic carbocycles. The number of anilines is 1. The Morgan fingerprint density at radius 1 is 1.04 bits per heavy atom. The van der Waals surface area contributed by atoms with Crippen LogP contribution in [0.25, 0.3) is 0 Å². The van der Waals surface area contributed by atoms with Gasteiger partial charge in [-0.2, -0.15) is 0 Å². The lowest BCUT2D eigenvalue weighted by Gasteiger charge is -2.20. The van der Waals surface area contributed by atoms with E-state index in [1.165, 1.54) is 11.3 Å². The van der Waals surface area contributed by atoms with Crippen LogP contribution in [-0.4, -0.2) is 33.7 Å². The molecule has 6 heteroatoms. The van der Waals surface area contributed by atoms with Crippen LogP contribution in [0.15, 0.2) is 23.1 Å². The Kier molecular flexibility index (Phi) is 5.58. The van der Waals surface area contributed by atoms with Crippen molar-refractivity contribution in [2.75, 3.05) is 25.0 Å². The van der Waals surface area contributed by atoms with Gasteiger partial charge >= 0.3 is 0 Å². The molecular formula is C22H30N2O3S. The van der Waals surface area contributed by atoms with E-state index in [0.717, 1.165) is 46.3 Å². The number of benzene rings is 2. The zero-order valence-electron chi connectivity index (χ0n) is 17.5. The lowest BCUT2D eigenvalue weighted by molar-refractivity contribution is 0.182. The SMILES string of the molecule is Cc1c(C)c(C)c(S(=O)(=O)NC[C@@H](O)c2ccc3c(c2)CCN3C)c(C)c1C. The van der Waals surface area contributed by atoms with Gasteiger partial charge in [-0.25, -0.2) is 13.1 Å². The van der Waals surface area contributed by atoms with E-state index in [0.29, 0.717) is 4.90 Å². The molecule has 1 atom stereocenters.